The summed E-state index contributed by atoms with van der Waals surface area (Å²) < 4.78 is 9.48. The summed E-state index contributed by atoms with van der Waals surface area (Å²) in [6, 6.07) is 73.9. The van der Waals surface area contributed by atoms with Crippen LogP contribution in [0, 0.1) is 13.8 Å². The van der Waals surface area contributed by atoms with E-state index in [1.54, 1.807) is 0 Å². The maximum atomic E-state index is 6.98. The van der Waals surface area contributed by atoms with Gasteiger partial charge in [-0.2, -0.15) is 0 Å². The van der Waals surface area contributed by atoms with E-state index in [0.29, 0.717) is 0 Å². The fraction of sp³-hybridized carbons (Fsp3) is 0.152. The molecule has 0 aliphatic carbocycles. The fourth-order valence-electron chi connectivity index (χ4n) is 10.9. The molecule has 0 unspecified atom stereocenters. The number of rotatable bonds is 7. The molecule has 70 heavy (non-hydrogen) atoms. The van der Waals surface area contributed by atoms with Gasteiger partial charge in [-0.15, -0.1) is 0 Å². The Morgan fingerprint density at radius 1 is 0.371 bits per heavy atom. The first-order valence-corrected chi connectivity index (χ1v) is 24.6. The smallest absolute Gasteiger partial charge is 0.159 e. The molecule has 0 amide bonds. The molecule has 4 heteroatoms. The van der Waals surface area contributed by atoms with Gasteiger partial charge in [-0.25, -0.2) is 0 Å². The van der Waals surface area contributed by atoms with E-state index in [2.05, 4.69) is 270 Å². The summed E-state index contributed by atoms with van der Waals surface area (Å²) in [5.74, 6) is 0. The lowest BCUT2D eigenvalue weighted by Gasteiger charge is -2.29. The third kappa shape index (κ3) is 6.96. The van der Waals surface area contributed by atoms with Gasteiger partial charge in [0.05, 0.1) is 28.1 Å². The van der Waals surface area contributed by atoms with Crippen molar-refractivity contribution in [1.29, 1.82) is 0 Å². The Labute approximate surface area is 410 Å². The summed E-state index contributed by atoms with van der Waals surface area (Å²) in [4.78, 5) is 4.94. The van der Waals surface area contributed by atoms with Crippen LogP contribution in [0.4, 0.5) is 34.1 Å². The predicted octanol–water partition coefficient (Wildman–Crippen LogP) is 19.1. The first-order chi connectivity index (χ1) is 33.8. The zero-order valence-corrected chi connectivity index (χ0v) is 41.3. The Balaban J connectivity index is 1.26. The van der Waals surface area contributed by atoms with Crippen molar-refractivity contribution in [3.63, 3.8) is 0 Å². The van der Waals surface area contributed by atoms with Gasteiger partial charge in [0, 0.05) is 55.1 Å². The van der Waals surface area contributed by atoms with Crippen LogP contribution in [-0.4, -0.2) is 4.57 Å². The Hall–Kier alpha value is -8.08. The van der Waals surface area contributed by atoms with Crippen LogP contribution < -0.4 is 9.80 Å². The van der Waals surface area contributed by atoms with Gasteiger partial charge in [-0.05, 0) is 118 Å². The van der Waals surface area contributed by atoms with Crippen LogP contribution in [0.2, 0.25) is 0 Å². The molecular formula is C66H57N3O. The lowest BCUT2D eigenvalue weighted by Crippen LogP contribution is -2.14. The van der Waals surface area contributed by atoms with Crippen molar-refractivity contribution in [2.24, 2.45) is 0 Å². The van der Waals surface area contributed by atoms with Crippen molar-refractivity contribution in [1.82, 2.24) is 4.57 Å². The fourth-order valence-corrected chi connectivity index (χ4v) is 10.9. The first kappa shape index (κ1) is 43.2. The molecule has 4 nitrogen and oxygen atoms in total. The third-order valence-electron chi connectivity index (χ3n) is 14.5. The quantitative estimate of drug-likeness (QED) is 0.159. The van der Waals surface area contributed by atoms with Gasteiger partial charge < -0.3 is 18.8 Å². The number of benzene rings is 10. The Bertz CT molecular complexity index is 3780. The Kier molecular flexibility index (Phi) is 10.0. The highest BCUT2D eigenvalue weighted by Crippen LogP contribution is 2.51. The SMILES string of the molecule is Cc1ccccc1N(c1ccc(C(C)(C)C)cc1)c1cc2c(c3ccccc13)c1c3ccccc3c(N(c3ccc(C(C)(C)C)cc3)c3ccccc3C)cc1n2-c1cccc2c1oc1ccccc12. The molecule has 12 aromatic rings. The van der Waals surface area contributed by atoms with Crippen molar-refractivity contribution in [2.75, 3.05) is 9.80 Å². The molecule has 0 radical (unpaired) electrons. The highest BCUT2D eigenvalue weighted by Gasteiger charge is 2.28. The first-order valence-electron chi connectivity index (χ1n) is 24.6. The summed E-state index contributed by atoms with van der Waals surface area (Å²) in [5.41, 5.74) is 16.6. The second-order valence-corrected chi connectivity index (χ2v) is 21.1. The van der Waals surface area contributed by atoms with E-state index in [-0.39, 0.29) is 10.8 Å². The Morgan fingerprint density at radius 3 is 1.23 bits per heavy atom. The second-order valence-electron chi connectivity index (χ2n) is 21.1. The van der Waals surface area contributed by atoms with Gasteiger partial charge in [0.25, 0.3) is 0 Å². The minimum Gasteiger partial charge on any atom is -0.454 e. The molecule has 342 valence electrons. The molecule has 0 bridgehead atoms. The molecule has 0 N–H and O–H groups in total. The number of anilines is 6. The van der Waals surface area contributed by atoms with E-state index in [1.807, 2.05) is 0 Å². The minimum absolute atomic E-state index is 0.0164. The summed E-state index contributed by atoms with van der Waals surface area (Å²) in [6.07, 6.45) is 0. The third-order valence-corrected chi connectivity index (χ3v) is 14.5. The number of para-hydroxylation sites is 4. The van der Waals surface area contributed by atoms with Crippen LogP contribution in [0.1, 0.15) is 63.8 Å². The maximum absolute atomic E-state index is 6.98. The van der Waals surface area contributed by atoms with E-state index in [9.17, 15) is 0 Å². The number of hydrogen-bond donors (Lipinski definition) is 0. The highest BCUT2D eigenvalue weighted by atomic mass is 16.3. The highest BCUT2D eigenvalue weighted by molar-refractivity contribution is 6.32. The van der Waals surface area contributed by atoms with Gasteiger partial charge in [0.1, 0.15) is 5.58 Å². The molecule has 2 aromatic heterocycles. The number of nitrogens with zero attached hydrogens (tertiary/aromatic N) is 3. The monoisotopic (exact) mass is 907 g/mol. The molecule has 0 saturated heterocycles. The molecule has 0 spiro atoms. The van der Waals surface area contributed by atoms with Crippen LogP contribution in [-0.2, 0) is 10.8 Å². The lowest BCUT2D eigenvalue weighted by atomic mass is 9.87. The number of aryl methyl sites for hydroxylation is 2. The predicted molar refractivity (Wildman–Crippen MR) is 299 cm³/mol. The van der Waals surface area contributed by atoms with Crippen LogP contribution in [0.5, 0.6) is 0 Å². The molecule has 0 aliphatic heterocycles. The second kappa shape index (κ2) is 16.3. The average Bonchev–Trinajstić information content (AvgIpc) is 3.91. The largest absolute Gasteiger partial charge is 0.454 e. The molecule has 0 atom stereocenters. The summed E-state index contributed by atoms with van der Waals surface area (Å²) in [5, 5.41) is 9.32. The van der Waals surface area contributed by atoms with Gasteiger partial charge in [-0.1, -0.05) is 181 Å². The molecule has 0 aliphatic rings. The molecule has 0 fully saturated rings. The number of aromatic nitrogens is 1. The molecule has 10 aromatic carbocycles. The molecule has 2 heterocycles. The van der Waals surface area contributed by atoms with Crippen molar-refractivity contribution in [3.05, 3.63) is 222 Å². The van der Waals surface area contributed by atoms with Gasteiger partial charge in [-0.3, -0.25) is 0 Å². The standard InChI is InChI=1S/C66H57N3O/c1-42-20-9-16-28-54(42)67(46-36-32-44(33-37-46)65(3,4)5)57-40-59-62(51-25-13-11-22-48(51)57)63-52-26-14-12-23-49(52)58(68(55-29-17-10-21-43(55)2)47-38-34-45(35-39-47)66(6,7)8)41-60(63)69(59)56-30-19-27-53-50-24-15-18-31-61(50)70-64(53)56/h9-41H,1-8H3. The van der Waals surface area contributed by atoms with Gasteiger partial charge in [0.2, 0.25) is 0 Å². The number of hydrogen-bond acceptors (Lipinski definition) is 3. The van der Waals surface area contributed by atoms with E-state index in [0.717, 1.165) is 72.8 Å². The molecule has 12 rings (SSSR count). The van der Waals surface area contributed by atoms with Crippen molar-refractivity contribution < 1.29 is 4.42 Å². The van der Waals surface area contributed by atoms with Crippen molar-refractivity contribution >= 4 is 99.4 Å². The maximum Gasteiger partial charge on any atom is 0.159 e. The summed E-state index contributed by atoms with van der Waals surface area (Å²) >= 11 is 0. The normalized spacial score (nSPS) is 12.3. The lowest BCUT2D eigenvalue weighted by molar-refractivity contribution is 0.590. The molecular weight excluding hydrogens is 851 g/mol. The number of fused-ring (bicyclic) bond motifs is 10. The van der Waals surface area contributed by atoms with Crippen molar-refractivity contribution in [3.8, 4) is 5.69 Å². The van der Waals surface area contributed by atoms with Crippen LogP contribution in [0.15, 0.2) is 205 Å². The molecule has 0 saturated carbocycles. The van der Waals surface area contributed by atoms with Crippen LogP contribution in [0.25, 0.3) is 71.0 Å². The van der Waals surface area contributed by atoms with E-state index in [1.165, 1.54) is 54.6 Å². The average molecular weight is 908 g/mol. The zero-order chi connectivity index (χ0) is 48.1. The van der Waals surface area contributed by atoms with E-state index >= 15 is 0 Å². The number of furan rings is 1. The van der Waals surface area contributed by atoms with Crippen LogP contribution in [0.3, 0.4) is 0 Å². The summed E-state index contributed by atoms with van der Waals surface area (Å²) in [6.45, 7) is 18.1. The topological polar surface area (TPSA) is 24.6 Å². The summed E-state index contributed by atoms with van der Waals surface area (Å²) in [7, 11) is 0. The van der Waals surface area contributed by atoms with Crippen LogP contribution >= 0.6 is 0 Å². The minimum atomic E-state index is 0.0164. The van der Waals surface area contributed by atoms with Gasteiger partial charge in [0.15, 0.2) is 5.58 Å². The van der Waals surface area contributed by atoms with E-state index in [4.69, 9.17) is 4.42 Å². The Morgan fingerprint density at radius 2 is 0.771 bits per heavy atom. The van der Waals surface area contributed by atoms with E-state index < -0.39 is 0 Å². The van der Waals surface area contributed by atoms with Crippen molar-refractivity contribution in [2.45, 2.75) is 66.2 Å². The zero-order valence-electron chi connectivity index (χ0n) is 41.3. The van der Waals surface area contributed by atoms with Gasteiger partial charge >= 0.3 is 0 Å².